The van der Waals surface area contributed by atoms with Gasteiger partial charge in [0.25, 0.3) is 5.56 Å². The van der Waals surface area contributed by atoms with Crippen molar-refractivity contribution in [2.45, 2.75) is 20.0 Å². The van der Waals surface area contributed by atoms with E-state index in [1.807, 2.05) is 11.5 Å². The number of aromatic nitrogens is 3. The second-order valence-electron chi connectivity index (χ2n) is 3.81. The number of carboxylic acid groups (broad SMARTS) is 1. The molecule has 18 heavy (non-hydrogen) atoms. The number of aromatic carboxylic acids is 1. The first-order valence-corrected chi connectivity index (χ1v) is 5.55. The molecule has 0 aliphatic heterocycles. The van der Waals surface area contributed by atoms with Gasteiger partial charge < -0.3 is 9.67 Å². The molecular weight excluding hydrogens is 234 g/mol. The molecule has 0 radical (unpaired) electrons. The Morgan fingerprint density at radius 1 is 1.44 bits per heavy atom. The Kier molecular flexibility index (Phi) is 3.27. The molecule has 0 spiro atoms. The van der Waals surface area contributed by atoms with Gasteiger partial charge in [0, 0.05) is 18.8 Å². The third-order valence-corrected chi connectivity index (χ3v) is 2.73. The van der Waals surface area contributed by atoms with Crippen LogP contribution in [-0.2, 0) is 13.1 Å². The lowest BCUT2D eigenvalue weighted by molar-refractivity contribution is 0.0684. The minimum absolute atomic E-state index is 0.0219. The summed E-state index contributed by atoms with van der Waals surface area (Å²) >= 11 is 0. The van der Waals surface area contributed by atoms with Gasteiger partial charge in [0.2, 0.25) is 0 Å². The molecule has 0 aromatic carbocycles. The number of aryl methyl sites for hydroxylation is 1. The smallest absolute Gasteiger partial charge is 0.352 e. The lowest BCUT2D eigenvalue weighted by Gasteiger charge is -2.10. The van der Waals surface area contributed by atoms with Gasteiger partial charge in [-0.15, -0.1) is 0 Å². The molecule has 0 saturated carbocycles. The van der Waals surface area contributed by atoms with Crippen LogP contribution < -0.4 is 5.56 Å². The Hall–Kier alpha value is -2.37. The number of carboxylic acids is 1. The molecule has 6 heteroatoms. The summed E-state index contributed by atoms with van der Waals surface area (Å²) in [5.41, 5.74) is 0.443. The maximum atomic E-state index is 11.7. The highest BCUT2D eigenvalue weighted by atomic mass is 16.4. The lowest BCUT2D eigenvalue weighted by atomic mass is 10.3. The second kappa shape index (κ2) is 4.87. The van der Waals surface area contributed by atoms with Gasteiger partial charge in [-0.1, -0.05) is 6.07 Å². The summed E-state index contributed by atoms with van der Waals surface area (Å²) in [7, 11) is 0. The maximum Gasteiger partial charge on any atom is 0.352 e. The molecule has 6 nitrogen and oxygen atoms in total. The predicted molar refractivity (Wildman–Crippen MR) is 64.7 cm³/mol. The molecule has 2 rings (SSSR count). The first kappa shape index (κ1) is 12.1. The molecule has 0 aliphatic rings. The SMILES string of the molecule is CCn1cncc1Cn1c(C(=O)O)cccc1=O. The first-order valence-electron chi connectivity index (χ1n) is 5.55. The third-order valence-electron chi connectivity index (χ3n) is 2.73. The van der Waals surface area contributed by atoms with Gasteiger partial charge in [0.15, 0.2) is 0 Å². The van der Waals surface area contributed by atoms with E-state index in [1.54, 1.807) is 12.5 Å². The molecule has 0 unspecified atom stereocenters. The summed E-state index contributed by atoms with van der Waals surface area (Å²) in [4.78, 5) is 26.8. The fourth-order valence-electron chi connectivity index (χ4n) is 1.80. The topological polar surface area (TPSA) is 77.1 Å². The van der Waals surface area contributed by atoms with Crippen molar-refractivity contribution < 1.29 is 9.90 Å². The molecular formula is C12H13N3O3. The molecule has 94 valence electrons. The molecule has 0 atom stereocenters. The van der Waals surface area contributed by atoms with E-state index in [4.69, 9.17) is 5.11 Å². The minimum atomic E-state index is -1.12. The van der Waals surface area contributed by atoms with E-state index in [1.165, 1.54) is 22.8 Å². The van der Waals surface area contributed by atoms with Crippen LogP contribution in [0.2, 0.25) is 0 Å². The van der Waals surface area contributed by atoms with E-state index >= 15 is 0 Å². The van der Waals surface area contributed by atoms with Crippen LogP contribution in [0.25, 0.3) is 0 Å². The van der Waals surface area contributed by atoms with Gasteiger partial charge in [0.05, 0.1) is 18.6 Å². The molecule has 0 bridgehead atoms. The van der Waals surface area contributed by atoms with Crippen LogP contribution in [0.15, 0.2) is 35.5 Å². The van der Waals surface area contributed by atoms with Crippen LogP contribution in [0, 0.1) is 0 Å². The van der Waals surface area contributed by atoms with E-state index in [0.29, 0.717) is 0 Å². The van der Waals surface area contributed by atoms with Crippen molar-refractivity contribution in [2.75, 3.05) is 0 Å². The summed E-state index contributed by atoms with van der Waals surface area (Å²) in [5, 5.41) is 9.06. The van der Waals surface area contributed by atoms with Crippen LogP contribution in [-0.4, -0.2) is 25.2 Å². The Morgan fingerprint density at radius 2 is 2.22 bits per heavy atom. The fraction of sp³-hybridized carbons (Fsp3) is 0.250. The highest BCUT2D eigenvalue weighted by molar-refractivity contribution is 5.85. The quantitative estimate of drug-likeness (QED) is 0.867. The minimum Gasteiger partial charge on any atom is -0.477 e. The van der Waals surface area contributed by atoms with Crippen molar-refractivity contribution in [3.8, 4) is 0 Å². The molecule has 1 N–H and O–H groups in total. The van der Waals surface area contributed by atoms with E-state index in [9.17, 15) is 9.59 Å². The van der Waals surface area contributed by atoms with Gasteiger partial charge in [-0.05, 0) is 13.0 Å². The van der Waals surface area contributed by atoms with Crippen LogP contribution in [0.3, 0.4) is 0 Å². The van der Waals surface area contributed by atoms with Crippen molar-refractivity contribution >= 4 is 5.97 Å². The number of nitrogens with zero attached hydrogens (tertiary/aromatic N) is 3. The number of imidazole rings is 1. The number of carbonyl (C=O) groups is 1. The summed E-state index contributed by atoms with van der Waals surface area (Å²) in [5.74, 6) is -1.12. The molecule has 0 fully saturated rings. The van der Waals surface area contributed by atoms with Crippen molar-refractivity contribution in [2.24, 2.45) is 0 Å². The van der Waals surface area contributed by atoms with Gasteiger partial charge in [0.1, 0.15) is 5.69 Å². The lowest BCUT2D eigenvalue weighted by Crippen LogP contribution is -2.26. The zero-order valence-corrected chi connectivity index (χ0v) is 9.91. The van der Waals surface area contributed by atoms with Crippen LogP contribution >= 0.6 is 0 Å². The van der Waals surface area contributed by atoms with E-state index < -0.39 is 5.97 Å². The monoisotopic (exact) mass is 247 g/mol. The van der Waals surface area contributed by atoms with E-state index in [2.05, 4.69) is 4.98 Å². The molecule has 2 heterocycles. The van der Waals surface area contributed by atoms with Gasteiger partial charge in [-0.2, -0.15) is 0 Å². The highest BCUT2D eigenvalue weighted by Gasteiger charge is 2.12. The summed E-state index contributed by atoms with van der Waals surface area (Å²) in [6.45, 7) is 2.88. The Morgan fingerprint density at radius 3 is 2.89 bits per heavy atom. The zero-order valence-electron chi connectivity index (χ0n) is 9.91. The number of hydrogen-bond donors (Lipinski definition) is 1. The number of hydrogen-bond acceptors (Lipinski definition) is 3. The van der Waals surface area contributed by atoms with Gasteiger partial charge in [-0.25, -0.2) is 9.78 Å². The predicted octanol–water partition coefficient (Wildman–Crippen LogP) is 0.811. The van der Waals surface area contributed by atoms with Crippen LogP contribution in [0.1, 0.15) is 23.1 Å². The largest absolute Gasteiger partial charge is 0.477 e. The number of rotatable bonds is 4. The van der Waals surface area contributed by atoms with Gasteiger partial charge >= 0.3 is 5.97 Å². The Bertz CT molecular complexity index is 627. The summed E-state index contributed by atoms with van der Waals surface area (Å²) in [6.07, 6.45) is 3.29. The average Bonchev–Trinajstić information content (AvgIpc) is 2.78. The molecule has 2 aromatic rings. The zero-order chi connectivity index (χ0) is 13.1. The van der Waals surface area contributed by atoms with Crippen molar-refractivity contribution in [1.29, 1.82) is 0 Å². The van der Waals surface area contributed by atoms with E-state index in [0.717, 1.165) is 12.2 Å². The van der Waals surface area contributed by atoms with Crippen molar-refractivity contribution in [3.63, 3.8) is 0 Å². The Balaban J connectivity index is 2.46. The second-order valence-corrected chi connectivity index (χ2v) is 3.81. The van der Waals surface area contributed by atoms with Crippen molar-refractivity contribution in [1.82, 2.24) is 14.1 Å². The molecule has 2 aromatic heterocycles. The molecule has 0 aliphatic carbocycles. The third kappa shape index (κ3) is 2.17. The molecule has 0 saturated heterocycles. The van der Waals surface area contributed by atoms with Crippen LogP contribution in [0.4, 0.5) is 0 Å². The summed E-state index contributed by atoms with van der Waals surface area (Å²) < 4.78 is 3.09. The van der Waals surface area contributed by atoms with Gasteiger partial charge in [-0.3, -0.25) is 9.36 Å². The van der Waals surface area contributed by atoms with E-state index in [-0.39, 0.29) is 17.8 Å². The van der Waals surface area contributed by atoms with Crippen LogP contribution in [0.5, 0.6) is 0 Å². The average molecular weight is 247 g/mol. The fourth-order valence-corrected chi connectivity index (χ4v) is 1.80. The Labute approximate surface area is 103 Å². The number of pyridine rings is 1. The highest BCUT2D eigenvalue weighted by Crippen LogP contribution is 2.04. The normalized spacial score (nSPS) is 10.5. The molecule has 0 amide bonds. The summed E-state index contributed by atoms with van der Waals surface area (Å²) in [6, 6.07) is 4.20. The maximum absolute atomic E-state index is 11.7. The van der Waals surface area contributed by atoms with Crippen molar-refractivity contribution in [3.05, 3.63) is 52.5 Å². The first-order chi connectivity index (χ1) is 8.63. The standard InChI is InChI=1S/C12H13N3O3/c1-2-14-8-13-6-9(14)7-15-10(12(17)18)4-3-5-11(15)16/h3-6,8H,2,7H2,1H3,(H,17,18).